The van der Waals surface area contributed by atoms with E-state index in [0.717, 1.165) is 28.8 Å². The second-order valence-electron chi connectivity index (χ2n) is 6.36. The Labute approximate surface area is 138 Å². The third-order valence-electron chi connectivity index (χ3n) is 4.39. The zero-order valence-corrected chi connectivity index (χ0v) is 13.5. The number of aromatic nitrogens is 1. The Kier molecular flexibility index (Phi) is 2.52. The van der Waals surface area contributed by atoms with Crippen molar-refractivity contribution in [2.75, 3.05) is 0 Å². The number of nitrogens with zero attached hydrogens (tertiary/aromatic N) is 1. The summed E-state index contributed by atoms with van der Waals surface area (Å²) in [5, 5.41) is 0. The van der Waals surface area contributed by atoms with Crippen LogP contribution in [-0.4, -0.2) is 0 Å². The Hall–Kier alpha value is -1.63. The van der Waals surface area contributed by atoms with Gasteiger partial charge in [0.1, 0.15) is 7.05 Å². The lowest BCUT2D eigenvalue weighted by Crippen LogP contribution is -2.34. The highest BCUT2D eigenvalue weighted by Crippen LogP contribution is 2.30. The molecule has 2 rings (SSSR count). The van der Waals surface area contributed by atoms with Crippen molar-refractivity contribution in [3.05, 3.63) is 52.7 Å². The lowest BCUT2D eigenvalue weighted by molar-refractivity contribution is -0.661. The Morgan fingerprint density at radius 3 is 2.48 bits per heavy atom. The summed E-state index contributed by atoms with van der Waals surface area (Å²) >= 11 is 0. The van der Waals surface area contributed by atoms with Gasteiger partial charge in [-0.15, -0.1) is 0 Å². The minimum atomic E-state index is -2.22. The number of pyridine rings is 1. The molecule has 0 unspecified atom stereocenters. The summed E-state index contributed by atoms with van der Waals surface area (Å²) in [4.78, 5) is 0. The van der Waals surface area contributed by atoms with Gasteiger partial charge < -0.3 is 0 Å². The maximum absolute atomic E-state index is 8.02. The molecule has 1 nitrogen and oxygen atoms in total. The second kappa shape index (κ2) is 5.63. The van der Waals surface area contributed by atoms with Crippen molar-refractivity contribution in [3.8, 4) is 11.3 Å². The van der Waals surface area contributed by atoms with E-state index in [1.165, 1.54) is 0 Å². The highest BCUT2D eigenvalue weighted by molar-refractivity contribution is 5.62. The minimum Gasteiger partial charge on any atom is -0.201 e. The molecule has 0 aliphatic carbocycles. The predicted molar refractivity (Wildman–Crippen MR) is 90.6 cm³/mol. The topological polar surface area (TPSA) is 3.88 Å². The molecule has 0 spiro atoms. The van der Waals surface area contributed by atoms with E-state index in [4.69, 9.17) is 8.22 Å². The van der Waals surface area contributed by atoms with Gasteiger partial charge in [0, 0.05) is 25.4 Å². The summed E-state index contributed by atoms with van der Waals surface area (Å²) in [5.74, 6) is 0. The summed E-state index contributed by atoms with van der Waals surface area (Å²) in [6.45, 7) is 3.61. The first-order valence-electron chi connectivity index (χ1n) is 10.3. The van der Waals surface area contributed by atoms with Gasteiger partial charge in [0.15, 0.2) is 6.20 Å². The van der Waals surface area contributed by atoms with Crippen molar-refractivity contribution in [2.45, 2.75) is 53.2 Å². The number of aryl methyl sites for hydroxylation is 4. The SMILES string of the molecule is [2H]C([2H])([2H])c1ccc(-c2cc(C([2H])([2H])[2H])c(C(C)(C)CC)c[n+]2C)c(C)c1. The molecular formula is C20H28N+. The standard InChI is InChI=1S/C20H28N/c1-8-20(5,6)18-13-21(7)19(12-16(18)4)17-10-9-14(2)11-15(17)3/h9-13H,8H2,1-7H3/q+1/i2D3,4D3. The summed E-state index contributed by atoms with van der Waals surface area (Å²) in [6.07, 6.45) is 2.72. The largest absolute Gasteiger partial charge is 0.212 e. The molecule has 0 fully saturated rings. The molecule has 0 radical (unpaired) electrons. The second-order valence-corrected chi connectivity index (χ2v) is 6.36. The van der Waals surface area contributed by atoms with Crippen LogP contribution in [0.25, 0.3) is 11.3 Å². The molecule has 1 aromatic heterocycles. The van der Waals surface area contributed by atoms with Gasteiger partial charge in [0.25, 0.3) is 0 Å². The molecule has 21 heavy (non-hydrogen) atoms. The maximum Gasteiger partial charge on any atom is 0.212 e. The molecule has 0 saturated heterocycles. The quantitative estimate of drug-likeness (QED) is 0.715. The third kappa shape index (κ3) is 3.02. The molecule has 1 aromatic carbocycles. The van der Waals surface area contributed by atoms with Crippen molar-refractivity contribution >= 4 is 0 Å². The summed E-state index contributed by atoms with van der Waals surface area (Å²) in [7, 11) is 1.89. The number of hydrogen-bond acceptors (Lipinski definition) is 0. The van der Waals surface area contributed by atoms with Crippen LogP contribution >= 0.6 is 0 Å². The highest BCUT2D eigenvalue weighted by atomic mass is 14.9. The first-order chi connectivity index (χ1) is 12.2. The fourth-order valence-corrected chi connectivity index (χ4v) is 2.60. The lowest BCUT2D eigenvalue weighted by atomic mass is 9.80. The van der Waals surface area contributed by atoms with E-state index in [2.05, 4.69) is 6.92 Å². The smallest absolute Gasteiger partial charge is 0.201 e. The van der Waals surface area contributed by atoms with Crippen LogP contribution in [0.2, 0.25) is 0 Å². The molecule has 0 bridgehead atoms. The van der Waals surface area contributed by atoms with Gasteiger partial charge >= 0.3 is 0 Å². The van der Waals surface area contributed by atoms with Crippen LogP contribution in [0.1, 0.15) is 57.7 Å². The fourth-order valence-electron chi connectivity index (χ4n) is 2.60. The molecule has 2 aromatic rings. The molecule has 0 atom stereocenters. The van der Waals surface area contributed by atoms with Crippen molar-refractivity contribution in [1.29, 1.82) is 0 Å². The van der Waals surface area contributed by atoms with Gasteiger partial charge in [-0.25, -0.2) is 4.57 Å². The third-order valence-corrected chi connectivity index (χ3v) is 4.39. The van der Waals surface area contributed by atoms with Crippen molar-refractivity contribution < 1.29 is 12.8 Å². The fraction of sp³-hybridized carbons (Fsp3) is 0.450. The summed E-state index contributed by atoms with van der Waals surface area (Å²) in [6, 6.07) is 6.74. The molecular weight excluding hydrogens is 254 g/mol. The Bertz CT molecular complexity index is 847. The van der Waals surface area contributed by atoms with Crippen molar-refractivity contribution in [1.82, 2.24) is 0 Å². The van der Waals surface area contributed by atoms with E-state index < -0.39 is 13.7 Å². The molecule has 1 heterocycles. The molecule has 0 amide bonds. The zero-order chi connectivity index (χ0) is 20.8. The molecule has 0 aliphatic heterocycles. The van der Waals surface area contributed by atoms with Crippen LogP contribution in [0.4, 0.5) is 0 Å². The molecule has 112 valence electrons. The van der Waals surface area contributed by atoms with Crippen LogP contribution in [0, 0.1) is 20.6 Å². The molecule has 0 saturated carbocycles. The van der Waals surface area contributed by atoms with Crippen LogP contribution < -0.4 is 4.57 Å². The predicted octanol–water partition coefficient (Wildman–Crippen LogP) is 4.79. The minimum absolute atomic E-state index is 0.264. The van der Waals surface area contributed by atoms with Gasteiger partial charge in [0.2, 0.25) is 5.69 Å². The molecule has 0 aliphatic rings. The van der Waals surface area contributed by atoms with E-state index in [9.17, 15) is 0 Å². The lowest BCUT2D eigenvalue weighted by Gasteiger charge is -2.24. The number of rotatable bonds is 3. The zero-order valence-electron chi connectivity index (χ0n) is 19.5. The normalized spacial score (nSPS) is 17.2. The van der Waals surface area contributed by atoms with Gasteiger partial charge in [-0.3, -0.25) is 0 Å². The van der Waals surface area contributed by atoms with Crippen molar-refractivity contribution in [2.24, 2.45) is 7.05 Å². The summed E-state index contributed by atoms with van der Waals surface area (Å²) in [5.41, 5.74) is 3.57. The van der Waals surface area contributed by atoms with E-state index in [-0.39, 0.29) is 11.0 Å². The maximum atomic E-state index is 8.02. The Morgan fingerprint density at radius 1 is 1.14 bits per heavy atom. The van der Waals surface area contributed by atoms with E-state index in [0.29, 0.717) is 5.56 Å². The van der Waals surface area contributed by atoms with Crippen LogP contribution in [0.3, 0.4) is 0 Å². The van der Waals surface area contributed by atoms with Gasteiger partial charge in [-0.1, -0.05) is 38.5 Å². The average Bonchev–Trinajstić information content (AvgIpc) is 2.53. The number of benzene rings is 1. The van der Waals surface area contributed by atoms with Crippen LogP contribution in [0.5, 0.6) is 0 Å². The van der Waals surface area contributed by atoms with Gasteiger partial charge in [-0.05, 0) is 49.7 Å². The van der Waals surface area contributed by atoms with Gasteiger partial charge in [-0.2, -0.15) is 0 Å². The first-order valence-corrected chi connectivity index (χ1v) is 7.34. The highest BCUT2D eigenvalue weighted by Gasteiger charge is 2.25. The Morgan fingerprint density at radius 2 is 1.90 bits per heavy atom. The average molecular weight is 288 g/mol. The molecule has 0 N–H and O–H groups in total. The van der Waals surface area contributed by atoms with Crippen LogP contribution in [0.15, 0.2) is 30.5 Å². The van der Waals surface area contributed by atoms with Crippen molar-refractivity contribution in [3.63, 3.8) is 0 Å². The Balaban J connectivity index is 2.73. The van der Waals surface area contributed by atoms with Gasteiger partial charge in [0.05, 0.1) is 0 Å². The molecule has 1 heteroatoms. The summed E-state index contributed by atoms with van der Waals surface area (Å²) < 4.78 is 48.7. The van der Waals surface area contributed by atoms with E-state index >= 15 is 0 Å². The van der Waals surface area contributed by atoms with Crippen LogP contribution in [-0.2, 0) is 12.5 Å². The van der Waals surface area contributed by atoms with E-state index in [1.807, 2.05) is 38.6 Å². The van der Waals surface area contributed by atoms with E-state index in [1.54, 1.807) is 24.3 Å². The monoisotopic (exact) mass is 288 g/mol. The first kappa shape index (κ1) is 9.40. The number of hydrogen-bond donors (Lipinski definition) is 0.